The second-order valence-corrected chi connectivity index (χ2v) is 3.50. The molecule has 1 amide bonds. The zero-order valence-electron chi connectivity index (χ0n) is 9.51. The van der Waals surface area contributed by atoms with Crippen LogP contribution in [0.1, 0.15) is 0 Å². The fraction of sp³-hybridized carbons (Fsp3) is 0.0714. The number of benzene rings is 2. The van der Waals surface area contributed by atoms with Gasteiger partial charge in [-0.1, -0.05) is 48.5 Å². The first-order valence-corrected chi connectivity index (χ1v) is 5.35. The van der Waals surface area contributed by atoms with E-state index in [9.17, 15) is 4.79 Å². The summed E-state index contributed by atoms with van der Waals surface area (Å²) in [5.74, 6) is 0.554. The highest BCUT2D eigenvalue weighted by Crippen LogP contribution is 2.29. The first kappa shape index (κ1) is 11.2. The Balaban J connectivity index is 2.38. The number of amides is 1. The van der Waals surface area contributed by atoms with Crippen LogP contribution in [0.5, 0.6) is 5.75 Å². The standard InChI is InChI=1S/C14H13NO2/c1-15-14(16)17-13-10-6-5-9-12(13)11-7-3-2-4-8-11/h2-10H,1H3,(H,15,16). The minimum atomic E-state index is -0.464. The summed E-state index contributed by atoms with van der Waals surface area (Å²) in [6.07, 6.45) is -0.464. The maximum atomic E-state index is 11.2. The lowest BCUT2D eigenvalue weighted by Crippen LogP contribution is -2.22. The van der Waals surface area contributed by atoms with Gasteiger partial charge in [0.1, 0.15) is 5.75 Å². The van der Waals surface area contributed by atoms with E-state index in [4.69, 9.17) is 4.74 Å². The lowest BCUT2D eigenvalue weighted by Gasteiger charge is -2.09. The van der Waals surface area contributed by atoms with E-state index in [1.165, 1.54) is 7.05 Å². The summed E-state index contributed by atoms with van der Waals surface area (Å²) in [4.78, 5) is 11.2. The van der Waals surface area contributed by atoms with Gasteiger partial charge >= 0.3 is 6.09 Å². The Hall–Kier alpha value is -2.29. The molecule has 0 saturated carbocycles. The lowest BCUT2D eigenvalue weighted by atomic mass is 10.1. The molecular formula is C14H13NO2. The van der Waals surface area contributed by atoms with E-state index in [1.54, 1.807) is 6.07 Å². The number of para-hydroxylation sites is 1. The highest BCUT2D eigenvalue weighted by molar-refractivity contribution is 5.76. The second-order valence-electron chi connectivity index (χ2n) is 3.50. The van der Waals surface area contributed by atoms with Crippen molar-refractivity contribution in [1.29, 1.82) is 0 Å². The van der Waals surface area contributed by atoms with E-state index >= 15 is 0 Å². The molecule has 0 aromatic heterocycles. The van der Waals surface area contributed by atoms with E-state index in [0.29, 0.717) is 5.75 Å². The summed E-state index contributed by atoms with van der Waals surface area (Å²) in [5, 5.41) is 2.43. The highest BCUT2D eigenvalue weighted by Gasteiger charge is 2.08. The maximum Gasteiger partial charge on any atom is 0.412 e. The van der Waals surface area contributed by atoms with Crippen LogP contribution in [0.25, 0.3) is 11.1 Å². The van der Waals surface area contributed by atoms with Crippen molar-refractivity contribution in [3.05, 3.63) is 54.6 Å². The molecule has 0 fully saturated rings. The molecule has 3 nitrogen and oxygen atoms in total. The number of ether oxygens (including phenoxy) is 1. The van der Waals surface area contributed by atoms with Crippen molar-refractivity contribution in [2.45, 2.75) is 0 Å². The number of hydrogen-bond acceptors (Lipinski definition) is 2. The minimum absolute atomic E-state index is 0.464. The SMILES string of the molecule is CNC(=O)Oc1ccccc1-c1ccccc1. The Bertz CT molecular complexity index is 509. The summed E-state index contributed by atoms with van der Waals surface area (Å²) in [6, 6.07) is 17.3. The predicted octanol–water partition coefficient (Wildman–Crippen LogP) is 3.07. The van der Waals surface area contributed by atoms with Crippen LogP contribution in [-0.2, 0) is 0 Å². The summed E-state index contributed by atoms with van der Waals surface area (Å²) >= 11 is 0. The van der Waals surface area contributed by atoms with Gasteiger partial charge in [-0.25, -0.2) is 4.79 Å². The van der Waals surface area contributed by atoms with Gasteiger partial charge in [0.15, 0.2) is 0 Å². The van der Waals surface area contributed by atoms with Gasteiger partial charge in [-0.15, -0.1) is 0 Å². The average Bonchev–Trinajstić information content (AvgIpc) is 2.40. The molecule has 86 valence electrons. The molecule has 0 heterocycles. The summed E-state index contributed by atoms with van der Waals surface area (Å²) < 4.78 is 5.20. The Morgan fingerprint density at radius 2 is 1.65 bits per heavy atom. The van der Waals surface area contributed by atoms with Crippen molar-refractivity contribution >= 4 is 6.09 Å². The molecule has 0 unspecified atom stereocenters. The third-order valence-corrected chi connectivity index (χ3v) is 2.38. The van der Waals surface area contributed by atoms with Gasteiger partial charge in [0, 0.05) is 12.6 Å². The Morgan fingerprint density at radius 1 is 1.00 bits per heavy atom. The van der Waals surface area contributed by atoms with Crippen LogP contribution in [0, 0.1) is 0 Å². The molecule has 0 spiro atoms. The van der Waals surface area contributed by atoms with Crippen LogP contribution in [-0.4, -0.2) is 13.1 Å². The fourth-order valence-corrected chi connectivity index (χ4v) is 1.56. The van der Waals surface area contributed by atoms with Crippen molar-refractivity contribution < 1.29 is 9.53 Å². The first-order chi connectivity index (χ1) is 8.31. The molecule has 17 heavy (non-hydrogen) atoms. The Labute approximate surface area is 100 Å². The monoisotopic (exact) mass is 227 g/mol. The van der Waals surface area contributed by atoms with Crippen LogP contribution in [0.2, 0.25) is 0 Å². The first-order valence-electron chi connectivity index (χ1n) is 5.35. The van der Waals surface area contributed by atoms with Gasteiger partial charge in [-0.3, -0.25) is 0 Å². The predicted molar refractivity (Wildman–Crippen MR) is 67.0 cm³/mol. The third kappa shape index (κ3) is 2.64. The maximum absolute atomic E-state index is 11.2. The number of carbonyl (C=O) groups excluding carboxylic acids is 1. The van der Waals surface area contributed by atoms with Crippen molar-refractivity contribution in [2.24, 2.45) is 0 Å². The molecule has 1 N–H and O–H groups in total. The van der Waals surface area contributed by atoms with Crippen LogP contribution in [0.4, 0.5) is 4.79 Å². The topological polar surface area (TPSA) is 38.3 Å². The molecule has 0 saturated heterocycles. The lowest BCUT2D eigenvalue weighted by molar-refractivity contribution is 0.203. The van der Waals surface area contributed by atoms with Crippen LogP contribution >= 0.6 is 0 Å². The van der Waals surface area contributed by atoms with Crippen LogP contribution < -0.4 is 10.1 Å². The van der Waals surface area contributed by atoms with Gasteiger partial charge in [-0.05, 0) is 11.6 Å². The van der Waals surface area contributed by atoms with Gasteiger partial charge < -0.3 is 10.1 Å². The van der Waals surface area contributed by atoms with E-state index in [1.807, 2.05) is 48.5 Å². The summed E-state index contributed by atoms with van der Waals surface area (Å²) in [7, 11) is 1.54. The summed E-state index contributed by atoms with van der Waals surface area (Å²) in [5.41, 5.74) is 1.92. The number of nitrogens with one attached hydrogen (secondary N) is 1. The van der Waals surface area contributed by atoms with Crippen molar-refractivity contribution in [3.63, 3.8) is 0 Å². The van der Waals surface area contributed by atoms with Crippen molar-refractivity contribution in [1.82, 2.24) is 5.32 Å². The molecule has 0 atom stereocenters. The molecule has 2 aromatic rings. The minimum Gasteiger partial charge on any atom is -0.410 e. The largest absolute Gasteiger partial charge is 0.412 e. The highest BCUT2D eigenvalue weighted by atomic mass is 16.6. The molecule has 0 radical (unpaired) electrons. The molecule has 0 aliphatic heterocycles. The van der Waals surface area contributed by atoms with Gasteiger partial charge in [0.25, 0.3) is 0 Å². The van der Waals surface area contributed by atoms with E-state index in [0.717, 1.165) is 11.1 Å². The number of rotatable bonds is 2. The van der Waals surface area contributed by atoms with Crippen LogP contribution in [0.15, 0.2) is 54.6 Å². The number of hydrogen-bond donors (Lipinski definition) is 1. The Morgan fingerprint density at radius 3 is 2.35 bits per heavy atom. The normalized spacial score (nSPS) is 9.71. The molecule has 0 aliphatic carbocycles. The van der Waals surface area contributed by atoms with Crippen molar-refractivity contribution in [3.8, 4) is 16.9 Å². The second kappa shape index (κ2) is 5.16. The zero-order valence-corrected chi connectivity index (χ0v) is 9.51. The van der Waals surface area contributed by atoms with Gasteiger partial charge in [0.2, 0.25) is 0 Å². The van der Waals surface area contributed by atoms with Crippen molar-refractivity contribution in [2.75, 3.05) is 7.05 Å². The quantitative estimate of drug-likeness (QED) is 0.856. The molecular weight excluding hydrogens is 214 g/mol. The Kier molecular flexibility index (Phi) is 3.40. The van der Waals surface area contributed by atoms with Gasteiger partial charge in [0.05, 0.1) is 0 Å². The van der Waals surface area contributed by atoms with Crippen LogP contribution in [0.3, 0.4) is 0 Å². The average molecular weight is 227 g/mol. The van der Waals surface area contributed by atoms with E-state index in [-0.39, 0.29) is 0 Å². The van der Waals surface area contributed by atoms with E-state index in [2.05, 4.69) is 5.32 Å². The van der Waals surface area contributed by atoms with Gasteiger partial charge in [-0.2, -0.15) is 0 Å². The fourth-order valence-electron chi connectivity index (χ4n) is 1.56. The smallest absolute Gasteiger partial charge is 0.410 e. The van der Waals surface area contributed by atoms with E-state index < -0.39 is 6.09 Å². The molecule has 0 aliphatic rings. The summed E-state index contributed by atoms with van der Waals surface area (Å²) in [6.45, 7) is 0. The molecule has 3 heteroatoms. The molecule has 2 rings (SSSR count). The molecule has 2 aromatic carbocycles. The number of carbonyl (C=O) groups is 1. The third-order valence-electron chi connectivity index (χ3n) is 2.38. The molecule has 0 bridgehead atoms. The zero-order chi connectivity index (χ0) is 12.1.